The Balaban J connectivity index is 4.36. The zero-order valence-corrected chi connectivity index (χ0v) is 34.2. The molecule has 1 amide bonds. The lowest BCUT2D eigenvalue weighted by Gasteiger charge is -2.26. The van der Waals surface area contributed by atoms with Crippen molar-refractivity contribution >= 4 is 13.7 Å². The molecule has 0 saturated carbocycles. The molecule has 0 spiro atoms. The lowest BCUT2D eigenvalue weighted by molar-refractivity contribution is -0.870. The predicted molar refractivity (Wildman–Crippen MR) is 217 cm³/mol. The van der Waals surface area contributed by atoms with Gasteiger partial charge in [0.05, 0.1) is 39.9 Å². The summed E-state index contributed by atoms with van der Waals surface area (Å²) < 4.78 is 23.5. The molecule has 0 aliphatic rings. The molecule has 9 heteroatoms. The van der Waals surface area contributed by atoms with Crippen LogP contribution in [-0.4, -0.2) is 73.4 Å². The Bertz CT molecular complexity index is 1020. The first-order valence-electron chi connectivity index (χ1n) is 20.2. The molecule has 8 nitrogen and oxygen atoms in total. The number of amides is 1. The van der Waals surface area contributed by atoms with Crippen LogP contribution in [-0.2, 0) is 18.4 Å². The van der Waals surface area contributed by atoms with Crippen LogP contribution < -0.4 is 5.32 Å². The van der Waals surface area contributed by atoms with Crippen molar-refractivity contribution in [2.75, 3.05) is 40.9 Å². The molecule has 51 heavy (non-hydrogen) atoms. The van der Waals surface area contributed by atoms with Crippen molar-refractivity contribution in [2.24, 2.45) is 0 Å². The third-order valence-electron chi connectivity index (χ3n) is 8.53. The molecule has 0 aromatic carbocycles. The Morgan fingerprint density at radius 1 is 0.686 bits per heavy atom. The molecular formula is C42H78N2O6P+. The number of hydrogen-bond donors (Lipinski definition) is 3. The van der Waals surface area contributed by atoms with E-state index >= 15 is 0 Å². The highest BCUT2D eigenvalue weighted by Gasteiger charge is 2.28. The number of unbranched alkanes of at least 4 members (excludes halogenated alkanes) is 12. The lowest BCUT2D eigenvalue weighted by Crippen LogP contribution is -2.46. The highest BCUT2D eigenvalue weighted by molar-refractivity contribution is 7.47. The topological polar surface area (TPSA) is 105 Å². The number of nitrogens with zero attached hydrogens (tertiary/aromatic N) is 1. The van der Waals surface area contributed by atoms with Gasteiger partial charge in [-0.15, -0.1) is 0 Å². The van der Waals surface area contributed by atoms with Gasteiger partial charge in [0.25, 0.3) is 0 Å². The fourth-order valence-electron chi connectivity index (χ4n) is 5.30. The Labute approximate surface area is 313 Å². The van der Waals surface area contributed by atoms with Crippen LogP contribution in [0.1, 0.15) is 149 Å². The van der Waals surface area contributed by atoms with Gasteiger partial charge in [0.2, 0.25) is 5.91 Å². The molecule has 296 valence electrons. The average molecular weight is 738 g/mol. The third-order valence-corrected chi connectivity index (χ3v) is 9.51. The first-order chi connectivity index (χ1) is 24.5. The van der Waals surface area contributed by atoms with Crippen LogP contribution in [0, 0.1) is 0 Å². The fourth-order valence-corrected chi connectivity index (χ4v) is 6.04. The maximum Gasteiger partial charge on any atom is 0.472 e. The summed E-state index contributed by atoms with van der Waals surface area (Å²) in [4.78, 5) is 23.0. The summed E-state index contributed by atoms with van der Waals surface area (Å²) in [5, 5.41) is 13.8. The number of allylic oxidation sites excluding steroid dienone is 10. The van der Waals surface area contributed by atoms with Gasteiger partial charge in [0, 0.05) is 6.42 Å². The van der Waals surface area contributed by atoms with E-state index in [0.29, 0.717) is 23.9 Å². The molecule has 3 unspecified atom stereocenters. The number of nitrogens with one attached hydrogen (secondary N) is 1. The van der Waals surface area contributed by atoms with Gasteiger partial charge in [0.1, 0.15) is 13.2 Å². The summed E-state index contributed by atoms with van der Waals surface area (Å²) in [6.07, 6.45) is 42.5. The second-order valence-electron chi connectivity index (χ2n) is 14.6. The van der Waals surface area contributed by atoms with E-state index in [1.54, 1.807) is 0 Å². The fraction of sp³-hybridized carbons (Fsp3) is 0.738. The van der Waals surface area contributed by atoms with E-state index in [1.807, 2.05) is 21.1 Å². The highest BCUT2D eigenvalue weighted by Crippen LogP contribution is 2.43. The lowest BCUT2D eigenvalue weighted by atomic mass is 10.0. The SMILES string of the molecule is CC/C=C\C/C=C\C/C=C\C/C=C\C/C=C\CCCCCCCC(=O)NC(COP(=O)(O)OCC[N+](C)(C)C)C(O)CCCCCCCCCC. The number of rotatable bonds is 35. The third kappa shape index (κ3) is 36.4. The minimum Gasteiger partial charge on any atom is -0.391 e. The van der Waals surface area contributed by atoms with Crippen molar-refractivity contribution in [1.29, 1.82) is 0 Å². The van der Waals surface area contributed by atoms with Crippen LogP contribution in [0.3, 0.4) is 0 Å². The Morgan fingerprint density at radius 3 is 1.73 bits per heavy atom. The summed E-state index contributed by atoms with van der Waals surface area (Å²) in [7, 11) is 1.59. The number of aliphatic hydroxyl groups excluding tert-OH is 1. The minimum atomic E-state index is -4.31. The number of carbonyl (C=O) groups excluding carboxylic acids is 1. The van der Waals surface area contributed by atoms with Crippen molar-refractivity contribution in [1.82, 2.24) is 5.32 Å². The Hall–Kier alpha value is -1.80. The second-order valence-corrected chi connectivity index (χ2v) is 16.1. The number of aliphatic hydroxyl groups is 1. The molecule has 0 aromatic rings. The molecule has 0 rings (SSSR count). The molecule has 0 heterocycles. The molecule has 0 bridgehead atoms. The van der Waals surface area contributed by atoms with Crippen molar-refractivity contribution in [2.45, 2.75) is 161 Å². The Morgan fingerprint density at radius 2 is 1.18 bits per heavy atom. The highest BCUT2D eigenvalue weighted by atomic mass is 31.2. The maximum absolute atomic E-state index is 12.8. The van der Waals surface area contributed by atoms with Gasteiger partial charge in [-0.3, -0.25) is 13.8 Å². The van der Waals surface area contributed by atoms with Crippen LogP contribution in [0.25, 0.3) is 0 Å². The number of hydrogen-bond acceptors (Lipinski definition) is 5. The summed E-state index contributed by atoms with van der Waals surface area (Å²) in [6, 6.07) is -0.770. The van der Waals surface area contributed by atoms with Crippen LogP contribution in [0.5, 0.6) is 0 Å². The van der Waals surface area contributed by atoms with E-state index in [9.17, 15) is 19.4 Å². The molecule has 0 aliphatic carbocycles. The minimum absolute atomic E-state index is 0.0669. The van der Waals surface area contributed by atoms with Crippen LogP contribution in [0.2, 0.25) is 0 Å². The zero-order valence-electron chi connectivity index (χ0n) is 33.3. The van der Waals surface area contributed by atoms with Gasteiger partial charge >= 0.3 is 7.82 Å². The summed E-state index contributed by atoms with van der Waals surface area (Å²) >= 11 is 0. The van der Waals surface area contributed by atoms with E-state index in [-0.39, 0.29) is 19.1 Å². The first-order valence-corrected chi connectivity index (χ1v) is 21.6. The van der Waals surface area contributed by atoms with Gasteiger partial charge in [0.15, 0.2) is 0 Å². The van der Waals surface area contributed by atoms with Crippen LogP contribution in [0.15, 0.2) is 60.8 Å². The average Bonchev–Trinajstić information content (AvgIpc) is 3.07. The van der Waals surface area contributed by atoms with Crippen molar-refractivity contribution in [3.63, 3.8) is 0 Å². The smallest absolute Gasteiger partial charge is 0.391 e. The normalized spacial score (nSPS) is 15.2. The molecule has 0 aliphatic heterocycles. The van der Waals surface area contributed by atoms with Gasteiger partial charge in [-0.1, -0.05) is 145 Å². The monoisotopic (exact) mass is 738 g/mol. The standard InChI is InChI=1S/C42H77N2O6P/c1-6-8-10-12-14-16-17-18-19-20-21-22-23-24-25-26-27-28-30-32-34-36-42(46)43-40(39-50-51(47,48)49-38-37-44(3,4)5)41(45)35-33-31-29-15-13-11-9-7-2/h8,10,14,16,18-19,21-22,24-25,40-41,45H,6-7,9,11-13,15,17,20,23,26-39H2,1-5H3,(H-,43,46,47,48)/p+1/b10-8-,16-14-,19-18-,22-21-,25-24-. The molecule has 3 atom stereocenters. The quantitative estimate of drug-likeness (QED) is 0.0259. The van der Waals surface area contributed by atoms with E-state index in [2.05, 4.69) is 79.9 Å². The summed E-state index contributed by atoms with van der Waals surface area (Å²) in [6.45, 7) is 4.69. The van der Waals surface area contributed by atoms with Crippen LogP contribution in [0.4, 0.5) is 0 Å². The number of phosphoric acid groups is 1. The van der Waals surface area contributed by atoms with Gasteiger partial charge < -0.3 is 19.8 Å². The summed E-state index contributed by atoms with van der Waals surface area (Å²) in [5.74, 6) is -0.170. The molecule has 0 fully saturated rings. The van der Waals surface area contributed by atoms with E-state index in [0.717, 1.165) is 89.9 Å². The van der Waals surface area contributed by atoms with Gasteiger partial charge in [-0.25, -0.2) is 4.57 Å². The van der Waals surface area contributed by atoms with Crippen LogP contribution >= 0.6 is 7.82 Å². The van der Waals surface area contributed by atoms with E-state index in [1.165, 1.54) is 32.1 Å². The van der Waals surface area contributed by atoms with Gasteiger partial charge in [-0.05, 0) is 57.8 Å². The molecule has 0 radical (unpaired) electrons. The number of carbonyl (C=O) groups is 1. The van der Waals surface area contributed by atoms with E-state index < -0.39 is 20.0 Å². The Kier molecular flexibility index (Phi) is 32.8. The molecule has 0 aromatic heterocycles. The van der Waals surface area contributed by atoms with Crippen molar-refractivity contribution < 1.29 is 32.9 Å². The molecule has 3 N–H and O–H groups in total. The molecular weight excluding hydrogens is 659 g/mol. The zero-order chi connectivity index (χ0) is 37.9. The van der Waals surface area contributed by atoms with E-state index in [4.69, 9.17) is 9.05 Å². The number of phosphoric ester groups is 1. The predicted octanol–water partition coefficient (Wildman–Crippen LogP) is 10.7. The first kappa shape index (κ1) is 49.2. The second kappa shape index (κ2) is 34.0. The van der Waals surface area contributed by atoms with Crippen molar-refractivity contribution in [3.05, 3.63) is 60.8 Å². The maximum atomic E-state index is 12.8. The largest absolute Gasteiger partial charge is 0.472 e. The number of likely N-dealkylation sites (N-methyl/N-ethyl adjacent to an activating group) is 1. The number of quaternary nitrogens is 1. The van der Waals surface area contributed by atoms with Gasteiger partial charge in [-0.2, -0.15) is 0 Å². The summed E-state index contributed by atoms with van der Waals surface area (Å²) in [5.41, 5.74) is 0. The molecule has 0 saturated heterocycles. The van der Waals surface area contributed by atoms with Crippen molar-refractivity contribution in [3.8, 4) is 0 Å².